The van der Waals surface area contributed by atoms with E-state index in [1.54, 1.807) is 6.92 Å². The molecular weight excluding hydrogens is 150 g/mol. The van der Waals surface area contributed by atoms with Crippen LogP contribution in [-0.2, 0) is 4.84 Å². The lowest BCUT2D eigenvalue weighted by Crippen LogP contribution is -2.05. The third kappa shape index (κ3) is 3.43. The minimum Gasteiger partial charge on any atom is -0.383 e. The van der Waals surface area contributed by atoms with Crippen LogP contribution in [-0.4, -0.2) is 12.3 Å². The Morgan fingerprint density at radius 1 is 1.33 bits per heavy atom. The van der Waals surface area contributed by atoms with Crippen LogP contribution in [0.5, 0.6) is 0 Å². The second-order valence-corrected chi connectivity index (χ2v) is 2.92. The summed E-state index contributed by atoms with van der Waals surface area (Å²) in [4.78, 5) is 5.03. The molecule has 0 saturated heterocycles. The summed E-state index contributed by atoms with van der Waals surface area (Å²) in [6.45, 7) is 2.23. The summed E-state index contributed by atoms with van der Waals surface area (Å²) in [7, 11) is 0. The summed E-state index contributed by atoms with van der Waals surface area (Å²) in [5.41, 5.74) is 1.21. The molecule has 66 valence electrons. The van der Waals surface area contributed by atoms with Crippen molar-refractivity contribution in [3.05, 3.63) is 0 Å². The van der Waals surface area contributed by atoms with Gasteiger partial charge < -0.3 is 4.84 Å². The molecule has 1 saturated carbocycles. The summed E-state index contributed by atoms with van der Waals surface area (Å²) < 4.78 is 0. The summed E-state index contributed by atoms with van der Waals surface area (Å²) in [6.07, 6.45) is 6.09. The summed E-state index contributed by atoms with van der Waals surface area (Å²) in [6, 6.07) is 0. The van der Waals surface area contributed by atoms with Crippen molar-refractivity contribution < 1.29 is 4.84 Å². The Labute approximate surface area is 74.0 Å². The van der Waals surface area contributed by atoms with Crippen LogP contribution in [0.25, 0.3) is 0 Å². The van der Waals surface area contributed by atoms with Gasteiger partial charge in [-0.1, -0.05) is 17.5 Å². The average Bonchev–Trinajstić information content (AvgIpc) is 2.14. The maximum Gasteiger partial charge on any atom is 0.177 e. The molecule has 0 aliphatic heterocycles. The second-order valence-electron chi connectivity index (χ2n) is 2.92. The second kappa shape index (κ2) is 5.65. The summed E-state index contributed by atoms with van der Waals surface area (Å²) in [5.74, 6) is 5.57. The Balaban J connectivity index is 2.19. The fourth-order valence-corrected chi connectivity index (χ4v) is 1.28. The standard InChI is InChI=1S/C10H15NO/c1-2-3-9-12-11-10-7-5-4-6-8-10/h4-9H2,1H3. The highest BCUT2D eigenvalue weighted by Crippen LogP contribution is 2.14. The van der Waals surface area contributed by atoms with Crippen molar-refractivity contribution in [2.24, 2.45) is 5.16 Å². The minimum absolute atomic E-state index is 0.431. The molecule has 0 atom stereocenters. The van der Waals surface area contributed by atoms with Crippen molar-refractivity contribution in [1.82, 2.24) is 0 Å². The normalized spacial score (nSPS) is 16.2. The van der Waals surface area contributed by atoms with E-state index in [2.05, 4.69) is 17.0 Å². The van der Waals surface area contributed by atoms with E-state index in [-0.39, 0.29) is 0 Å². The van der Waals surface area contributed by atoms with Crippen LogP contribution >= 0.6 is 0 Å². The quantitative estimate of drug-likeness (QED) is 0.349. The molecule has 1 rings (SSSR count). The molecule has 0 spiro atoms. The first-order valence-corrected chi connectivity index (χ1v) is 4.51. The topological polar surface area (TPSA) is 21.6 Å². The first-order chi connectivity index (χ1) is 5.93. The molecule has 12 heavy (non-hydrogen) atoms. The third-order valence-corrected chi connectivity index (χ3v) is 1.94. The zero-order chi connectivity index (χ0) is 8.65. The molecule has 1 aliphatic carbocycles. The van der Waals surface area contributed by atoms with Gasteiger partial charge in [-0.25, -0.2) is 0 Å². The molecule has 0 unspecified atom stereocenters. The lowest BCUT2D eigenvalue weighted by Gasteiger charge is -2.10. The van der Waals surface area contributed by atoms with Crippen molar-refractivity contribution in [3.63, 3.8) is 0 Å². The van der Waals surface area contributed by atoms with Crippen LogP contribution in [0, 0.1) is 11.8 Å². The van der Waals surface area contributed by atoms with E-state index < -0.39 is 0 Å². The summed E-state index contributed by atoms with van der Waals surface area (Å²) >= 11 is 0. The molecule has 0 bridgehead atoms. The molecule has 0 heterocycles. The van der Waals surface area contributed by atoms with Gasteiger partial charge in [0.1, 0.15) is 0 Å². The van der Waals surface area contributed by atoms with Crippen molar-refractivity contribution in [3.8, 4) is 11.8 Å². The van der Waals surface area contributed by atoms with Gasteiger partial charge in [-0.2, -0.15) is 0 Å². The third-order valence-electron chi connectivity index (χ3n) is 1.94. The Bertz CT molecular complexity index is 202. The number of hydrogen-bond acceptors (Lipinski definition) is 2. The largest absolute Gasteiger partial charge is 0.383 e. The van der Waals surface area contributed by atoms with Crippen LogP contribution in [0.2, 0.25) is 0 Å². The van der Waals surface area contributed by atoms with Gasteiger partial charge in [-0.15, -0.1) is 5.92 Å². The Morgan fingerprint density at radius 3 is 2.75 bits per heavy atom. The molecule has 0 radical (unpaired) electrons. The lowest BCUT2D eigenvalue weighted by atomic mass is 9.99. The first-order valence-electron chi connectivity index (χ1n) is 4.51. The van der Waals surface area contributed by atoms with Gasteiger partial charge in [0.25, 0.3) is 0 Å². The molecule has 1 fully saturated rings. The van der Waals surface area contributed by atoms with Gasteiger partial charge in [-0.05, 0) is 32.6 Å². The van der Waals surface area contributed by atoms with Gasteiger partial charge in [0, 0.05) is 0 Å². The number of hydrogen-bond donors (Lipinski definition) is 0. The average molecular weight is 165 g/mol. The highest BCUT2D eigenvalue weighted by molar-refractivity contribution is 5.84. The van der Waals surface area contributed by atoms with Crippen molar-refractivity contribution in [2.45, 2.75) is 39.0 Å². The zero-order valence-corrected chi connectivity index (χ0v) is 7.60. The van der Waals surface area contributed by atoms with Gasteiger partial charge in [-0.3, -0.25) is 0 Å². The van der Waals surface area contributed by atoms with Crippen molar-refractivity contribution in [1.29, 1.82) is 0 Å². The molecule has 1 aliphatic rings. The van der Waals surface area contributed by atoms with Gasteiger partial charge >= 0.3 is 0 Å². The van der Waals surface area contributed by atoms with E-state index in [0.717, 1.165) is 12.8 Å². The lowest BCUT2D eigenvalue weighted by molar-refractivity contribution is 0.177. The van der Waals surface area contributed by atoms with Gasteiger partial charge in [0.2, 0.25) is 0 Å². The van der Waals surface area contributed by atoms with E-state index in [0.29, 0.717) is 6.61 Å². The Kier molecular flexibility index (Phi) is 4.30. The van der Waals surface area contributed by atoms with E-state index in [1.807, 2.05) is 0 Å². The Hall–Kier alpha value is -0.970. The molecule has 0 N–H and O–H groups in total. The molecule has 0 amide bonds. The van der Waals surface area contributed by atoms with Crippen LogP contribution < -0.4 is 0 Å². The minimum atomic E-state index is 0.431. The number of nitrogens with zero attached hydrogens (tertiary/aromatic N) is 1. The molecule has 0 aromatic heterocycles. The van der Waals surface area contributed by atoms with Crippen LogP contribution in [0.3, 0.4) is 0 Å². The van der Waals surface area contributed by atoms with Crippen molar-refractivity contribution >= 4 is 5.71 Å². The maximum atomic E-state index is 5.03. The number of rotatable bonds is 2. The van der Waals surface area contributed by atoms with Gasteiger partial charge in [0.15, 0.2) is 6.61 Å². The zero-order valence-electron chi connectivity index (χ0n) is 7.60. The van der Waals surface area contributed by atoms with Crippen LogP contribution in [0.4, 0.5) is 0 Å². The Morgan fingerprint density at radius 2 is 2.08 bits per heavy atom. The van der Waals surface area contributed by atoms with E-state index >= 15 is 0 Å². The molecule has 2 heteroatoms. The van der Waals surface area contributed by atoms with Crippen LogP contribution in [0.1, 0.15) is 39.0 Å². The smallest absolute Gasteiger partial charge is 0.177 e. The fraction of sp³-hybridized carbons (Fsp3) is 0.700. The fourth-order valence-electron chi connectivity index (χ4n) is 1.28. The summed E-state index contributed by atoms with van der Waals surface area (Å²) in [5, 5.41) is 4.03. The maximum absolute atomic E-state index is 5.03. The molecule has 0 aromatic carbocycles. The first kappa shape index (κ1) is 9.12. The van der Waals surface area contributed by atoms with E-state index in [9.17, 15) is 0 Å². The number of oxime groups is 1. The SMILES string of the molecule is CC#CCON=C1CCCCC1. The molecule has 0 aromatic rings. The predicted octanol–water partition coefficient (Wildman–Crippen LogP) is 2.35. The molecule has 2 nitrogen and oxygen atoms in total. The highest BCUT2D eigenvalue weighted by Gasteiger charge is 2.06. The van der Waals surface area contributed by atoms with Crippen LogP contribution in [0.15, 0.2) is 5.16 Å². The monoisotopic (exact) mass is 165 g/mol. The predicted molar refractivity (Wildman–Crippen MR) is 49.9 cm³/mol. The van der Waals surface area contributed by atoms with E-state index in [4.69, 9.17) is 4.84 Å². The highest BCUT2D eigenvalue weighted by atomic mass is 16.6. The van der Waals surface area contributed by atoms with Crippen molar-refractivity contribution in [2.75, 3.05) is 6.61 Å². The van der Waals surface area contributed by atoms with Gasteiger partial charge in [0.05, 0.1) is 5.71 Å². The van der Waals surface area contributed by atoms with E-state index in [1.165, 1.54) is 25.0 Å². The molecular formula is C10H15NO.